The van der Waals surface area contributed by atoms with Crippen LogP contribution in [0.15, 0.2) is 59.5 Å². The molecular formula is C20H26FNO4S. The van der Waals surface area contributed by atoms with Gasteiger partial charge in [-0.15, -0.1) is 11.8 Å². The monoisotopic (exact) mass is 395 g/mol. The summed E-state index contributed by atoms with van der Waals surface area (Å²) in [5.74, 6) is -2.11. The maximum atomic E-state index is 12.7. The standard InChI is InChI=1S/C20H26FNO4S/c1-5-15(8-7-9-21)20(26)16(12-17(6-2)27-4)13-22-18(23)10-14(3)11-19(24)25/h5,7-9,12-14H,1,6,10-11H2,2-4H3,(H,22,23)(H,24,25)/b9-7+,15-8+,16-13-,17-12-. The van der Waals surface area contributed by atoms with E-state index in [2.05, 4.69) is 11.9 Å². The van der Waals surface area contributed by atoms with Gasteiger partial charge in [-0.1, -0.05) is 26.5 Å². The molecule has 27 heavy (non-hydrogen) atoms. The molecule has 1 unspecified atom stereocenters. The van der Waals surface area contributed by atoms with Crippen molar-refractivity contribution in [3.63, 3.8) is 0 Å². The number of hydrogen-bond donors (Lipinski definition) is 2. The van der Waals surface area contributed by atoms with Gasteiger partial charge < -0.3 is 10.4 Å². The number of thioether (sulfide) groups is 1. The Labute approximate surface area is 163 Å². The lowest BCUT2D eigenvalue weighted by molar-refractivity contribution is -0.138. The van der Waals surface area contributed by atoms with Crippen molar-refractivity contribution in [2.45, 2.75) is 33.1 Å². The topological polar surface area (TPSA) is 83.5 Å². The van der Waals surface area contributed by atoms with Gasteiger partial charge in [0.15, 0.2) is 5.78 Å². The van der Waals surface area contributed by atoms with Crippen LogP contribution in [0.2, 0.25) is 0 Å². The first kappa shape index (κ1) is 24.6. The van der Waals surface area contributed by atoms with Crippen molar-refractivity contribution in [2.75, 3.05) is 6.26 Å². The first-order valence-electron chi connectivity index (χ1n) is 8.39. The van der Waals surface area contributed by atoms with Crippen LogP contribution < -0.4 is 5.32 Å². The molecule has 148 valence electrons. The molecule has 0 spiro atoms. The summed E-state index contributed by atoms with van der Waals surface area (Å²) in [6.07, 6.45) is 9.42. The van der Waals surface area contributed by atoms with Gasteiger partial charge in [-0.2, -0.15) is 0 Å². The van der Waals surface area contributed by atoms with Crippen molar-refractivity contribution in [1.82, 2.24) is 5.32 Å². The molecule has 0 radical (unpaired) electrons. The van der Waals surface area contributed by atoms with E-state index in [9.17, 15) is 18.8 Å². The Morgan fingerprint density at radius 2 is 1.93 bits per heavy atom. The molecule has 2 N–H and O–H groups in total. The van der Waals surface area contributed by atoms with Gasteiger partial charge >= 0.3 is 5.97 Å². The predicted octanol–water partition coefficient (Wildman–Crippen LogP) is 4.31. The molecule has 0 heterocycles. The summed E-state index contributed by atoms with van der Waals surface area (Å²) in [6, 6.07) is 0. The molecule has 5 nitrogen and oxygen atoms in total. The van der Waals surface area contributed by atoms with Crippen LogP contribution >= 0.6 is 11.8 Å². The lowest BCUT2D eigenvalue weighted by Crippen LogP contribution is -2.22. The normalized spacial score (nSPS) is 14.1. The van der Waals surface area contributed by atoms with E-state index in [1.165, 1.54) is 30.1 Å². The van der Waals surface area contributed by atoms with E-state index in [0.717, 1.165) is 11.0 Å². The lowest BCUT2D eigenvalue weighted by Gasteiger charge is -2.09. The van der Waals surface area contributed by atoms with E-state index in [1.807, 2.05) is 13.2 Å². The van der Waals surface area contributed by atoms with Gasteiger partial charge in [0, 0.05) is 30.2 Å². The van der Waals surface area contributed by atoms with Crippen LogP contribution in [0.1, 0.15) is 33.1 Å². The number of amides is 1. The smallest absolute Gasteiger partial charge is 0.303 e. The highest BCUT2D eigenvalue weighted by atomic mass is 32.2. The molecular weight excluding hydrogens is 369 g/mol. The molecule has 0 aromatic rings. The minimum Gasteiger partial charge on any atom is -0.481 e. The zero-order chi connectivity index (χ0) is 20.8. The molecule has 0 saturated carbocycles. The van der Waals surface area contributed by atoms with Crippen LogP contribution in [-0.4, -0.2) is 29.0 Å². The Bertz CT molecular complexity index is 671. The maximum absolute atomic E-state index is 12.7. The number of nitrogens with one attached hydrogen (secondary N) is 1. The number of aliphatic carboxylic acids is 1. The van der Waals surface area contributed by atoms with E-state index in [0.29, 0.717) is 12.8 Å². The number of allylic oxidation sites excluding steroid dienone is 7. The predicted molar refractivity (Wildman–Crippen MR) is 108 cm³/mol. The molecule has 0 aliphatic carbocycles. The zero-order valence-corrected chi connectivity index (χ0v) is 16.6. The van der Waals surface area contributed by atoms with E-state index in [1.54, 1.807) is 13.0 Å². The summed E-state index contributed by atoms with van der Waals surface area (Å²) < 4.78 is 12.2. The summed E-state index contributed by atoms with van der Waals surface area (Å²) in [6.45, 7) is 7.16. The van der Waals surface area contributed by atoms with Crippen molar-refractivity contribution >= 4 is 29.4 Å². The fourth-order valence-corrected chi connectivity index (χ4v) is 2.63. The fraction of sp³-hybridized carbons (Fsp3) is 0.350. The van der Waals surface area contributed by atoms with Crippen LogP contribution in [-0.2, 0) is 14.4 Å². The molecule has 1 amide bonds. The average molecular weight is 395 g/mol. The van der Waals surface area contributed by atoms with E-state index < -0.39 is 17.7 Å². The number of ketones is 1. The van der Waals surface area contributed by atoms with Crippen molar-refractivity contribution in [1.29, 1.82) is 0 Å². The highest BCUT2D eigenvalue weighted by Crippen LogP contribution is 2.20. The average Bonchev–Trinajstić information content (AvgIpc) is 2.61. The van der Waals surface area contributed by atoms with E-state index in [-0.39, 0.29) is 29.9 Å². The van der Waals surface area contributed by atoms with E-state index >= 15 is 0 Å². The minimum absolute atomic E-state index is 0.0197. The number of carboxylic acid groups (broad SMARTS) is 1. The van der Waals surface area contributed by atoms with Gasteiger partial charge in [-0.25, -0.2) is 4.39 Å². The van der Waals surface area contributed by atoms with Crippen molar-refractivity contribution < 1.29 is 23.9 Å². The molecule has 0 rings (SSSR count). The number of rotatable bonds is 12. The molecule has 0 aromatic carbocycles. The highest BCUT2D eigenvalue weighted by Gasteiger charge is 2.14. The summed E-state index contributed by atoms with van der Waals surface area (Å²) >= 11 is 1.48. The third kappa shape index (κ3) is 10.4. The van der Waals surface area contributed by atoms with Crippen LogP contribution in [0.5, 0.6) is 0 Å². The number of halogens is 1. The first-order valence-corrected chi connectivity index (χ1v) is 9.61. The molecule has 0 aliphatic rings. The second kappa shape index (κ2) is 13.7. The number of carboxylic acids is 1. The van der Waals surface area contributed by atoms with Gasteiger partial charge in [0.1, 0.15) is 0 Å². The summed E-state index contributed by atoms with van der Waals surface area (Å²) in [5.41, 5.74) is 0.398. The molecule has 0 fully saturated rings. The van der Waals surface area contributed by atoms with Gasteiger partial charge in [0.2, 0.25) is 5.91 Å². The third-order valence-corrected chi connectivity index (χ3v) is 4.40. The van der Waals surface area contributed by atoms with Crippen LogP contribution in [0.3, 0.4) is 0 Å². The molecule has 7 heteroatoms. The minimum atomic E-state index is -0.973. The fourth-order valence-electron chi connectivity index (χ4n) is 2.10. The van der Waals surface area contributed by atoms with Crippen LogP contribution in [0.25, 0.3) is 0 Å². The van der Waals surface area contributed by atoms with Crippen LogP contribution in [0.4, 0.5) is 4.39 Å². The highest BCUT2D eigenvalue weighted by molar-refractivity contribution is 8.02. The second-order valence-corrected chi connectivity index (χ2v) is 6.65. The molecule has 0 aliphatic heterocycles. The number of Topliss-reactive ketones (excluding diaryl/α,β-unsaturated/α-hetero) is 1. The Morgan fingerprint density at radius 1 is 1.26 bits per heavy atom. The Balaban J connectivity index is 5.54. The Kier molecular flexibility index (Phi) is 12.5. The van der Waals surface area contributed by atoms with Gasteiger partial charge in [-0.3, -0.25) is 14.4 Å². The number of hydrogen-bond acceptors (Lipinski definition) is 4. The maximum Gasteiger partial charge on any atom is 0.303 e. The zero-order valence-electron chi connectivity index (χ0n) is 15.8. The quantitative estimate of drug-likeness (QED) is 0.380. The Hall–Kier alpha value is -2.41. The number of carbonyl (C=O) groups is 3. The number of carbonyl (C=O) groups excluding carboxylic acids is 2. The third-order valence-electron chi connectivity index (χ3n) is 3.47. The van der Waals surface area contributed by atoms with E-state index in [4.69, 9.17) is 5.11 Å². The van der Waals surface area contributed by atoms with Gasteiger partial charge in [-0.05, 0) is 41.7 Å². The second-order valence-electron chi connectivity index (χ2n) is 5.72. The molecule has 0 bridgehead atoms. The Morgan fingerprint density at radius 3 is 2.41 bits per heavy atom. The van der Waals surface area contributed by atoms with Gasteiger partial charge in [0.25, 0.3) is 0 Å². The summed E-state index contributed by atoms with van der Waals surface area (Å²) in [7, 11) is 0. The van der Waals surface area contributed by atoms with Crippen molar-refractivity contribution in [2.24, 2.45) is 5.92 Å². The molecule has 0 aromatic heterocycles. The molecule has 0 saturated heterocycles. The van der Waals surface area contributed by atoms with Crippen molar-refractivity contribution in [3.8, 4) is 0 Å². The molecule has 1 atom stereocenters. The lowest BCUT2D eigenvalue weighted by atomic mass is 10.0. The van der Waals surface area contributed by atoms with Crippen molar-refractivity contribution in [3.05, 3.63) is 59.5 Å². The van der Waals surface area contributed by atoms with Crippen LogP contribution in [0, 0.1) is 5.92 Å². The summed E-state index contributed by atoms with van der Waals surface area (Å²) in [4.78, 5) is 36.3. The largest absolute Gasteiger partial charge is 0.481 e. The SMILES string of the molecule is C=C/C(=C\C=C\F)C(=O)C(/C=C(/CC)SC)=C\NC(=O)CC(C)CC(=O)O. The van der Waals surface area contributed by atoms with Gasteiger partial charge in [0.05, 0.1) is 6.33 Å². The first-order chi connectivity index (χ1) is 12.8. The summed E-state index contributed by atoms with van der Waals surface area (Å²) in [5, 5.41) is 11.3.